The van der Waals surface area contributed by atoms with Gasteiger partial charge in [0.1, 0.15) is 0 Å². The maximum atomic E-state index is 5.47. The number of ether oxygens (including phenoxy) is 2. The van der Waals surface area contributed by atoms with Gasteiger partial charge in [-0.15, -0.1) is 0 Å². The predicted molar refractivity (Wildman–Crippen MR) is 69.6 cm³/mol. The molecule has 0 aromatic carbocycles. The zero-order valence-electron chi connectivity index (χ0n) is 11.2. The molecule has 0 saturated heterocycles. The van der Waals surface area contributed by atoms with Crippen LogP contribution >= 0.6 is 0 Å². The molecular formula is C14H28O2. The lowest BCUT2D eigenvalue weighted by molar-refractivity contribution is -0.138. The molecule has 0 spiro atoms. The Bertz CT molecular complexity index is 149. The Morgan fingerprint density at radius 3 is 2.06 bits per heavy atom. The topological polar surface area (TPSA) is 18.5 Å². The predicted octanol–water partition coefficient (Wildman–Crippen LogP) is 4.30. The molecule has 2 nitrogen and oxygen atoms in total. The number of rotatable bonds is 11. The monoisotopic (exact) mass is 228 g/mol. The normalized spacial score (nSPS) is 11.8. The summed E-state index contributed by atoms with van der Waals surface area (Å²) in [6.07, 6.45) is 11.7. The van der Waals surface area contributed by atoms with Gasteiger partial charge in [-0.2, -0.15) is 0 Å². The smallest absolute Gasteiger partial charge is 0.157 e. The SMILES string of the molecule is CCCCC/C=C/CCC(OCC)OCC. The van der Waals surface area contributed by atoms with Gasteiger partial charge in [-0.05, 0) is 33.1 Å². The highest BCUT2D eigenvalue weighted by Gasteiger charge is 2.05. The zero-order valence-corrected chi connectivity index (χ0v) is 11.2. The van der Waals surface area contributed by atoms with Crippen molar-refractivity contribution >= 4 is 0 Å². The summed E-state index contributed by atoms with van der Waals surface area (Å²) >= 11 is 0. The first-order chi connectivity index (χ1) is 7.85. The Hall–Kier alpha value is -0.340. The summed E-state index contributed by atoms with van der Waals surface area (Å²) in [5.41, 5.74) is 0. The third kappa shape index (κ3) is 10.2. The summed E-state index contributed by atoms with van der Waals surface area (Å²) in [4.78, 5) is 0. The summed E-state index contributed by atoms with van der Waals surface area (Å²) in [6, 6.07) is 0. The van der Waals surface area contributed by atoms with E-state index >= 15 is 0 Å². The summed E-state index contributed by atoms with van der Waals surface area (Å²) in [5.74, 6) is 0. The average Bonchev–Trinajstić information content (AvgIpc) is 2.28. The minimum absolute atomic E-state index is 0.0182. The Kier molecular flexibility index (Phi) is 12.5. The van der Waals surface area contributed by atoms with Crippen LogP contribution in [0.5, 0.6) is 0 Å². The van der Waals surface area contributed by atoms with Crippen molar-refractivity contribution in [1.29, 1.82) is 0 Å². The second-order valence-corrected chi connectivity index (χ2v) is 3.88. The van der Waals surface area contributed by atoms with Crippen molar-refractivity contribution in [1.82, 2.24) is 0 Å². The molecule has 0 N–H and O–H groups in total. The van der Waals surface area contributed by atoms with Crippen molar-refractivity contribution in [2.75, 3.05) is 13.2 Å². The van der Waals surface area contributed by atoms with E-state index in [1.165, 1.54) is 25.7 Å². The second kappa shape index (κ2) is 12.7. The molecular weight excluding hydrogens is 200 g/mol. The molecule has 0 bridgehead atoms. The van der Waals surface area contributed by atoms with E-state index in [1.54, 1.807) is 0 Å². The zero-order chi connectivity index (χ0) is 12.1. The van der Waals surface area contributed by atoms with Crippen LogP contribution in [0.2, 0.25) is 0 Å². The highest BCUT2D eigenvalue weighted by atomic mass is 16.7. The summed E-state index contributed by atoms with van der Waals surface area (Å²) in [6.45, 7) is 7.70. The van der Waals surface area contributed by atoms with Gasteiger partial charge in [-0.3, -0.25) is 0 Å². The fourth-order valence-electron chi connectivity index (χ4n) is 1.57. The molecule has 0 rings (SSSR count). The third-order valence-electron chi connectivity index (χ3n) is 2.42. The van der Waals surface area contributed by atoms with E-state index < -0.39 is 0 Å². The average molecular weight is 228 g/mol. The minimum atomic E-state index is -0.0182. The molecule has 0 heterocycles. The fourth-order valence-corrected chi connectivity index (χ4v) is 1.57. The Balaban J connectivity index is 3.44. The van der Waals surface area contributed by atoms with Gasteiger partial charge < -0.3 is 9.47 Å². The number of hydrogen-bond donors (Lipinski definition) is 0. The van der Waals surface area contributed by atoms with E-state index in [-0.39, 0.29) is 6.29 Å². The van der Waals surface area contributed by atoms with Crippen LogP contribution in [0, 0.1) is 0 Å². The lowest BCUT2D eigenvalue weighted by Gasteiger charge is -2.15. The molecule has 2 heteroatoms. The van der Waals surface area contributed by atoms with Crippen LogP contribution < -0.4 is 0 Å². The molecule has 0 aliphatic heterocycles. The molecule has 16 heavy (non-hydrogen) atoms. The van der Waals surface area contributed by atoms with Crippen molar-refractivity contribution in [3.63, 3.8) is 0 Å². The highest BCUT2D eigenvalue weighted by Crippen LogP contribution is 2.06. The molecule has 96 valence electrons. The molecule has 0 aliphatic carbocycles. The van der Waals surface area contributed by atoms with E-state index in [4.69, 9.17) is 9.47 Å². The fraction of sp³-hybridized carbons (Fsp3) is 0.857. The van der Waals surface area contributed by atoms with Gasteiger partial charge in [-0.1, -0.05) is 31.9 Å². The van der Waals surface area contributed by atoms with E-state index in [1.807, 2.05) is 13.8 Å². The first kappa shape index (κ1) is 15.7. The molecule has 0 aliphatic rings. The first-order valence-electron chi connectivity index (χ1n) is 6.73. The maximum absolute atomic E-state index is 5.47. The van der Waals surface area contributed by atoms with Gasteiger partial charge in [0.2, 0.25) is 0 Å². The minimum Gasteiger partial charge on any atom is -0.353 e. The Morgan fingerprint density at radius 2 is 1.50 bits per heavy atom. The summed E-state index contributed by atoms with van der Waals surface area (Å²) in [5, 5.41) is 0. The third-order valence-corrected chi connectivity index (χ3v) is 2.42. The second-order valence-electron chi connectivity index (χ2n) is 3.88. The van der Waals surface area contributed by atoms with Crippen LogP contribution in [-0.2, 0) is 9.47 Å². The van der Waals surface area contributed by atoms with E-state index in [0.717, 1.165) is 26.1 Å². The van der Waals surface area contributed by atoms with Crippen LogP contribution in [0.25, 0.3) is 0 Å². The standard InChI is InChI=1S/C14H28O2/c1-4-7-8-9-10-11-12-13-14(15-5-2)16-6-3/h10-11,14H,4-9,12-13H2,1-3H3/b11-10+. The quantitative estimate of drug-likeness (QED) is 0.298. The van der Waals surface area contributed by atoms with Crippen molar-refractivity contribution in [3.05, 3.63) is 12.2 Å². The van der Waals surface area contributed by atoms with Crippen molar-refractivity contribution in [2.45, 2.75) is 65.6 Å². The molecule has 0 saturated carbocycles. The van der Waals surface area contributed by atoms with Gasteiger partial charge >= 0.3 is 0 Å². The largest absolute Gasteiger partial charge is 0.353 e. The molecule has 0 aromatic heterocycles. The van der Waals surface area contributed by atoms with Crippen LogP contribution in [0.15, 0.2) is 12.2 Å². The first-order valence-corrected chi connectivity index (χ1v) is 6.73. The van der Waals surface area contributed by atoms with Gasteiger partial charge in [-0.25, -0.2) is 0 Å². The van der Waals surface area contributed by atoms with Crippen molar-refractivity contribution < 1.29 is 9.47 Å². The Morgan fingerprint density at radius 1 is 0.875 bits per heavy atom. The van der Waals surface area contributed by atoms with Crippen LogP contribution in [0.4, 0.5) is 0 Å². The molecule has 0 unspecified atom stereocenters. The van der Waals surface area contributed by atoms with E-state index in [2.05, 4.69) is 19.1 Å². The van der Waals surface area contributed by atoms with Gasteiger partial charge in [0.25, 0.3) is 0 Å². The maximum Gasteiger partial charge on any atom is 0.157 e. The van der Waals surface area contributed by atoms with E-state index in [0.29, 0.717) is 0 Å². The number of allylic oxidation sites excluding steroid dienone is 2. The number of unbranched alkanes of at least 4 members (excludes halogenated alkanes) is 3. The molecule has 0 radical (unpaired) electrons. The van der Waals surface area contributed by atoms with Crippen LogP contribution in [0.3, 0.4) is 0 Å². The van der Waals surface area contributed by atoms with Gasteiger partial charge in [0.05, 0.1) is 0 Å². The molecule has 0 fully saturated rings. The summed E-state index contributed by atoms with van der Waals surface area (Å²) in [7, 11) is 0. The molecule has 0 amide bonds. The van der Waals surface area contributed by atoms with Gasteiger partial charge in [0, 0.05) is 19.6 Å². The van der Waals surface area contributed by atoms with Crippen molar-refractivity contribution in [2.24, 2.45) is 0 Å². The molecule has 0 atom stereocenters. The van der Waals surface area contributed by atoms with Crippen LogP contribution in [0.1, 0.15) is 59.3 Å². The van der Waals surface area contributed by atoms with E-state index in [9.17, 15) is 0 Å². The lowest BCUT2D eigenvalue weighted by atomic mass is 10.2. The Labute approximate surface area is 101 Å². The molecule has 0 aromatic rings. The van der Waals surface area contributed by atoms with Crippen molar-refractivity contribution in [3.8, 4) is 0 Å². The highest BCUT2D eigenvalue weighted by molar-refractivity contribution is 4.81. The summed E-state index contributed by atoms with van der Waals surface area (Å²) < 4.78 is 10.9. The number of hydrogen-bond acceptors (Lipinski definition) is 2. The van der Waals surface area contributed by atoms with Gasteiger partial charge in [0.15, 0.2) is 6.29 Å². The van der Waals surface area contributed by atoms with Crippen LogP contribution in [-0.4, -0.2) is 19.5 Å². The lowest BCUT2D eigenvalue weighted by Crippen LogP contribution is -2.16.